The molecule has 0 aromatic carbocycles. The van der Waals surface area contributed by atoms with Crippen LogP contribution in [0, 0.1) is 24.8 Å². The largest absolute Gasteiger partial charge is 0.330 e. The third kappa shape index (κ3) is 7.25. The maximum Gasteiger partial charge on any atom is 0.0388 e. The van der Waals surface area contributed by atoms with Crippen LogP contribution < -0.4 is 0 Å². The average molecular weight is 180 g/mol. The Morgan fingerprint density at radius 2 is 1.46 bits per heavy atom. The molecular weight excluding hydrogens is 160 g/mol. The van der Waals surface area contributed by atoms with Gasteiger partial charge in [0.05, 0.1) is 0 Å². The van der Waals surface area contributed by atoms with Crippen LogP contribution in [0.25, 0.3) is 0 Å². The first-order chi connectivity index (χ1) is 5.74. The molecule has 1 fully saturated rings. The molecule has 0 bridgehead atoms. The lowest BCUT2D eigenvalue weighted by atomic mass is 10.3. The number of terminal acetylenes is 2. The summed E-state index contributed by atoms with van der Waals surface area (Å²) >= 11 is 0. The fraction of sp³-hybridized carbons (Fsp3) is 0.636. The number of piperazine rings is 1. The van der Waals surface area contributed by atoms with Crippen molar-refractivity contribution in [1.82, 2.24) is 9.80 Å². The van der Waals surface area contributed by atoms with Crippen LogP contribution in [0.2, 0.25) is 0 Å². The zero-order valence-electron chi connectivity index (χ0n) is 7.88. The molecule has 13 heavy (non-hydrogen) atoms. The predicted molar refractivity (Wildman–Crippen MR) is 59.1 cm³/mol. The highest BCUT2D eigenvalue weighted by atomic mass is 15.2. The summed E-state index contributed by atoms with van der Waals surface area (Å²) in [5.74, 6) is 2.25. The fourth-order valence-electron chi connectivity index (χ4n) is 0.936. The summed E-state index contributed by atoms with van der Waals surface area (Å²) in [4.78, 5) is 4.30. The zero-order chi connectivity index (χ0) is 9.40. The molecule has 0 spiro atoms. The molecule has 1 heterocycles. The van der Waals surface area contributed by atoms with E-state index >= 15 is 0 Å². The number of rotatable bonds is 0. The third-order valence-electron chi connectivity index (χ3n) is 1.69. The van der Waals surface area contributed by atoms with Crippen molar-refractivity contribution < 1.29 is 0 Å². The van der Waals surface area contributed by atoms with E-state index in [1.54, 1.807) is 6.92 Å². The van der Waals surface area contributed by atoms with E-state index in [0.29, 0.717) is 0 Å². The smallest absolute Gasteiger partial charge is 0.0388 e. The van der Waals surface area contributed by atoms with Crippen molar-refractivity contribution >= 4 is 0 Å². The van der Waals surface area contributed by atoms with Crippen molar-refractivity contribution in [3.05, 3.63) is 0 Å². The van der Waals surface area contributed by atoms with Gasteiger partial charge < -0.3 is 9.80 Å². The molecular formula is C11H20N2. The highest BCUT2D eigenvalue weighted by molar-refractivity contribution is 4.87. The van der Waals surface area contributed by atoms with Crippen molar-refractivity contribution in [2.45, 2.75) is 14.4 Å². The average Bonchev–Trinajstić information content (AvgIpc) is 2.07. The summed E-state index contributed by atoms with van der Waals surface area (Å²) in [5.41, 5.74) is 0. The molecule has 0 aromatic heterocycles. The molecule has 1 saturated heterocycles. The van der Waals surface area contributed by atoms with E-state index in [2.05, 4.69) is 30.3 Å². The Morgan fingerprint density at radius 3 is 1.77 bits per heavy atom. The van der Waals surface area contributed by atoms with E-state index in [9.17, 15) is 0 Å². The SMILES string of the molecule is C.C#CC.C#CN1CCN(C)CC1. The van der Waals surface area contributed by atoms with E-state index < -0.39 is 0 Å². The first-order valence-corrected chi connectivity index (χ1v) is 4.01. The van der Waals surface area contributed by atoms with E-state index in [1.165, 1.54) is 0 Å². The van der Waals surface area contributed by atoms with Crippen molar-refractivity contribution in [3.8, 4) is 24.8 Å². The number of likely N-dealkylation sites (N-methyl/N-ethyl adjacent to an activating group) is 1. The first-order valence-electron chi connectivity index (χ1n) is 4.01. The molecule has 1 aliphatic rings. The third-order valence-corrected chi connectivity index (χ3v) is 1.69. The fourth-order valence-corrected chi connectivity index (χ4v) is 0.936. The summed E-state index contributed by atoms with van der Waals surface area (Å²) in [6.07, 6.45) is 9.80. The van der Waals surface area contributed by atoms with Crippen molar-refractivity contribution in [1.29, 1.82) is 0 Å². The second-order valence-corrected chi connectivity index (χ2v) is 2.71. The second kappa shape index (κ2) is 8.97. The maximum atomic E-state index is 5.21. The lowest BCUT2D eigenvalue weighted by molar-refractivity contribution is 0.207. The molecule has 0 saturated carbocycles. The van der Waals surface area contributed by atoms with Gasteiger partial charge in [0.1, 0.15) is 0 Å². The summed E-state index contributed by atoms with van der Waals surface area (Å²) in [5, 5.41) is 0. The summed E-state index contributed by atoms with van der Waals surface area (Å²) < 4.78 is 0. The Kier molecular flexibility index (Phi) is 9.94. The molecule has 0 amide bonds. The Morgan fingerprint density at radius 1 is 1.08 bits per heavy atom. The van der Waals surface area contributed by atoms with Crippen LogP contribution in [0.4, 0.5) is 0 Å². The number of hydrogen-bond donors (Lipinski definition) is 0. The maximum absolute atomic E-state index is 5.21. The van der Waals surface area contributed by atoms with E-state index in [4.69, 9.17) is 6.42 Å². The van der Waals surface area contributed by atoms with Crippen LogP contribution in [-0.2, 0) is 0 Å². The highest BCUT2D eigenvalue weighted by Gasteiger charge is 2.09. The minimum Gasteiger partial charge on any atom is -0.330 e. The van der Waals surface area contributed by atoms with Crippen LogP contribution >= 0.6 is 0 Å². The summed E-state index contributed by atoms with van der Waals surface area (Å²) in [6.45, 7) is 5.90. The van der Waals surface area contributed by atoms with Gasteiger partial charge in [-0.3, -0.25) is 0 Å². The normalized spacial score (nSPS) is 15.5. The molecule has 0 aromatic rings. The molecule has 1 aliphatic heterocycles. The Hall–Kier alpha value is -1.12. The highest BCUT2D eigenvalue weighted by Crippen LogP contribution is 1.95. The molecule has 0 radical (unpaired) electrons. The van der Waals surface area contributed by atoms with Gasteiger partial charge in [0.25, 0.3) is 0 Å². The molecule has 0 unspecified atom stereocenters. The topological polar surface area (TPSA) is 6.48 Å². The quantitative estimate of drug-likeness (QED) is 0.515. The van der Waals surface area contributed by atoms with Gasteiger partial charge in [0, 0.05) is 32.2 Å². The Labute approximate surface area is 82.9 Å². The van der Waals surface area contributed by atoms with Gasteiger partial charge in [-0.2, -0.15) is 0 Å². The van der Waals surface area contributed by atoms with Gasteiger partial charge >= 0.3 is 0 Å². The molecule has 74 valence electrons. The van der Waals surface area contributed by atoms with Crippen LogP contribution in [0.15, 0.2) is 0 Å². The molecule has 0 aliphatic carbocycles. The summed E-state index contributed by atoms with van der Waals surface area (Å²) in [7, 11) is 2.12. The minimum absolute atomic E-state index is 0. The molecule has 0 atom stereocenters. The van der Waals surface area contributed by atoms with Crippen LogP contribution in [-0.4, -0.2) is 43.0 Å². The number of hydrogen-bond acceptors (Lipinski definition) is 2. The van der Waals surface area contributed by atoms with E-state index in [1.807, 2.05) is 4.90 Å². The van der Waals surface area contributed by atoms with Gasteiger partial charge in [0.15, 0.2) is 0 Å². The van der Waals surface area contributed by atoms with Gasteiger partial charge in [-0.25, -0.2) is 0 Å². The molecule has 2 heteroatoms. The lowest BCUT2D eigenvalue weighted by Crippen LogP contribution is -2.41. The van der Waals surface area contributed by atoms with Gasteiger partial charge in [-0.15, -0.1) is 12.3 Å². The second-order valence-electron chi connectivity index (χ2n) is 2.71. The first kappa shape index (κ1) is 14.4. The molecule has 0 N–H and O–H groups in total. The van der Waals surface area contributed by atoms with Crippen LogP contribution in [0.1, 0.15) is 14.4 Å². The zero-order valence-corrected chi connectivity index (χ0v) is 7.88. The molecule has 1 rings (SSSR count). The van der Waals surface area contributed by atoms with E-state index in [0.717, 1.165) is 26.2 Å². The minimum atomic E-state index is 0. The van der Waals surface area contributed by atoms with Gasteiger partial charge in [-0.05, 0) is 14.0 Å². The Balaban J connectivity index is 0. The van der Waals surface area contributed by atoms with Crippen LogP contribution in [0.3, 0.4) is 0 Å². The lowest BCUT2D eigenvalue weighted by Gasteiger charge is -2.29. The number of nitrogens with zero attached hydrogens (tertiary/aromatic N) is 2. The van der Waals surface area contributed by atoms with Crippen LogP contribution in [0.5, 0.6) is 0 Å². The molecule has 2 nitrogen and oxygen atoms in total. The standard InChI is InChI=1S/C7H12N2.C3H4.CH4/c1-3-9-6-4-8(2)5-7-9;1-3-2;/h1H,4-7H2,2H3;1H,2H3;1H4. The summed E-state index contributed by atoms with van der Waals surface area (Å²) in [6, 6.07) is 2.63. The van der Waals surface area contributed by atoms with Gasteiger partial charge in [0.2, 0.25) is 0 Å². The van der Waals surface area contributed by atoms with Gasteiger partial charge in [-0.1, -0.05) is 13.9 Å². The van der Waals surface area contributed by atoms with Crippen molar-refractivity contribution in [2.75, 3.05) is 33.2 Å². The van der Waals surface area contributed by atoms with Crippen molar-refractivity contribution in [3.63, 3.8) is 0 Å². The van der Waals surface area contributed by atoms with E-state index in [-0.39, 0.29) is 7.43 Å². The Bertz CT molecular complexity index is 177. The monoisotopic (exact) mass is 180 g/mol. The predicted octanol–water partition coefficient (Wildman–Crippen LogP) is 1.10. The van der Waals surface area contributed by atoms with Crippen molar-refractivity contribution in [2.24, 2.45) is 0 Å².